The second-order valence-electron chi connectivity index (χ2n) is 8.59. The maximum Gasteiger partial charge on any atom is 0.328 e. The molecule has 0 spiro atoms. The third-order valence-corrected chi connectivity index (χ3v) is 6.75. The summed E-state index contributed by atoms with van der Waals surface area (Å²) in [6.45, 7) is 3.55. The third kappa shape index (κ3) is 5.37. The van der Waals surface area contributed by atoms with E-state index >= 15 is 0 Å². The molecule has 0 radical (unpaired) electrons. The van der Waals surface area contributed by atoms with Crippen LogP contribution >= 0.6 is 12.2 Å². The normalized spacial score (nSPS) is 14.9. The molecule has 11 nitrogen and oxygen atoms in total. The molecule has 2 aliphatic rings. The topological polar surface area (TPSA) is 127 Å². The van der Waals surface area contributed by atoms with Crippen molar-refractivity contribution in [2.75, 3.05) is 62.5 Å². The van der Waals surface area contributed by atoms with Crippen LogP contribution in [0, 0.1) is 11.3 Å². The number of likely N-dealkylation sites (N-methyl/N-ethyl adjacent to an activating group) is 1. The van der Waals surface area contributed by atoms with Gasteiger partial charge in [-0.3, -0.25) is 15.0 Å². The number of ether oxygens (including phenoxy) is 1. The number of carbonyl (C=O) groups excluding carboxylic acids is 2. The number of nitriles is 1. The molecule has 0 bridgehead atoms. The first-order valence-corrected chi connectivity index (χ1v) is 12.1. The van der Waals surface area contributed by atoms with Crippen LogP contribution in [0.3, 0.4) is 0 Å². The first-order valence-electron chi connectivity index (χ1n) is 11.6. The molecule has 2 aliphatic heterocycles. The van der Waals surface area contributed by atoms with Crippen LogP contribution in [0.5, 0.6) is 0 Å². The van der Waals surface area contributed by atoms with Crippen LogP contribution < -0.4 is 15.5 Å². The number of rotatable bonds is 8. The lowest BCUT2D eigenvalue weighted by molar-refractivity contribution is 0.111. The zero-order chi connectivity index (χ0) is 25.7. The van der Waals surface area contributed by atoms with Crippen LogP contribution in [0.1, 0.15) is 33.6 Å². The number of hydrogen-bond donors (Lipinski definition) is 2. The van der Waals surface area contributed by atoms with E-state index in [1.54, 1.807) is 13.2 Å². The SMILES string of the molecule is COCCNc1cc(NC(=O)N2CCCc3cc(CN4CCN(C)C4=S)c(C=O)nc32)ncc1C#N. The molecule has 36 heavy (non-hydrogen) atoms. The van der Waals surface area contributed by atoms with Gasteiger partial charge in [-0.05, 0) is 36.7 Å². The molecule has 4 rings (SSSR count). The highest BCUT2D eigenvalue weighted by atomic mass is 32.1. The molecule has 2 N–H and O–H groups in total. The summed E-state index contributed by atoms with van der Waals surface area (Å²) in [5.41, 5.74) is 2.91. The Kier molecular flexibility index (Phi) is 7.92. The van der Waals surface area contributed by atoms with E-state index in [4.69, 9.17) is 17.0 Å². The summed E-state index contributed by atoms with van der Waals surface area (Å²) < 4.78 is 5.04. The highest BCUT2D eigenvalue weighted by Crippen LogP contribution is 2.29. The molecule has 0 aromatic carbocycles. The minimum absolute atomic E-state index is 0.296. The van der Waals surface area contributed by atoms with Gasteiger partial charge in [-0.1, -0.05) is 0 Å². The van der Waals surface area contributed by atoms with E-state index in [0.29, 0.717) is 54.8 Å². The average molecular weight is 509 g/mol. The molecular weight excluding hydrogens is 480 g/mol. The zero-order valence-corrected chi connectivity index (χ0v) is 21.1. The van der Waals surface area contributed by atoms with Gasteiger partial charge < -0.3 is 19.9 Å². The number of aryl methyl sites for hydroxylation is 1. The number of methoxy groups -OCH3 is 1. The molecule has 188 valence electrons. The molecule has 1 saturated heterocycles. The number of thiocarbonyl (C=S) groups is 1. The summed E-state index contributed by atoms with van der Waals surface area (Å²) in [6, 6.07) is 5.25. The van der Waals surface area contributed by atoms with Gasteiger partial charge in [-0.15, -0.1) is 0 Å². The van der Waals surface area contributed by atoms with Gasteiger partial charge in [0.1, 0.15) is 23.4 Å². The Hall–Kier alpha value is -3.82. The van der Waals surface area contributed by atoms with Crippen molar-refractivity contribution in [3.8, 4) is 6.07 Å². The van der Waals surface area contributed by atoms with E-state index in [1.807, 2.05) is 22.9 Å². The van der Waals surface area contributed by atoms with Crippen molar-refractivity contribution >= 4 is 47.0 Å². The van der Waals surface area contributed by atoms with Gasteiger partial charge in [0.05, 0.1) is 17.9 Å². The maximum absolute atomic E-state index is 13.2. The highest BCUT2D eigenvalue weighted by molar-refractivity contribution is 7.80. The quantitative estimate of drug-likeness (QED) is 0.311. The van der Waals surface area contributed by atoms with Gasteiger partial charge >= 0.3 is 6.03 Å². The number of aromatic nitrogens is 2. The first kappa shape index (κ1) is 25.3. The minimum Gasteiger partial charge on any atom is -0.383 e. The van der Waals surface area contributed by atoms with Gasteiger partial charge in [0.2, 0.25) is 0 Å². The lowest BCUT2D eigenvalue weighted by atomic mass is 10.0. The number of amides is 2. The minimum atomic E-state index is -0.407. The third-order valence-electron chi connectivity index (χ3n) is 6.18. The molecule has 1 fully saturated rings. The summed E-state index contributed by atoms with van der Waals surface area (Å²) >= 11 is 5.48. The Morgan fingerprint density at radius 1 is 1.33 bits per heavy atom. The van der Waals surface area contributed by atoms with Gasteiger partial charge in [0.15, 0.2) is 11.4 Å². The Labute approximate surface area is 215 Å². The highest BCUT2D eigenvalue weighted by Gasteiger charge is 2.28. The second kappa shape index (κ2) is 11.3. The van der Waals surface area contributed by atoms with Crippen LogP contribution in [0.25, 0.3) is 0 Å². The molecule has 2 aromatic rings. The van der Waals surface area contributed by atoms with Crippen molar-refractivity contribution in [1.82, 2.24) is 19.8 Å². The monoisotopic (exact) mass is 508 g/mol. The number of pyridine rings is 2. The second-order valence-corrected chi connectivity index (χ2v) is 8.96. The number of urea groups is 1. The summed E-state index contributed by atoms with van der Waals surface area (Å²) in [5, 5.41) is 16.0. The average Bonchev–Trinajstić information content (AvgIpc) is 3.20. The number of fused-ring (bicyclic) bond motifs is 1. The van der Waals surface area contributed by atoms with Gasteiger partial charge in [0, 0.05) is 64.7 Å². The fourth-order valence-electron chi connectivity index (χ4n) is 4.26. The number of hydrogen-bond acceptors (Lipinski definition) is 8. The van der Waals surface area contributed by atoms with E-state index in [-0.39, 0.29) is 0 Å². The standard InChI is InChI=1S/C24H28N8O3S/c1-30-7-8-31(24(30)36)14-17-10-16-4-3-6-32(22(16)28-20(17)15-33)23(34)29-21-11-19(26-5-9-35-2)18(12-25)13-27-21/h10-11,13,15H,3-9,14H2,1-2H3,(H2,26,27,29,34). The number of aldehydes is 1. The van der Waals surface area contributed by atoms with Crippen molar-refractivity contribution in [3.63, 3.8) is 0 Å². The van der Waals surface area contributed by atoms with Gasteiger partial charge in [-0.25, -0.2) is 14.8 Å². The van der Waals surface area contributed by atoms with E-state index < -0.39 is 6.03 Å². The number of carbonyl (C=O) groups is 2. The summed E-state index contributed by atoms with van der Waals surface area (Å²) in [5.74, 6) is 0.766. The van der Waals surface area contributed by atoms with Crippen molar-refractivity contribution in [2.45, 2.75) is 19.4 Å². The molecule has 0 atom stereocenters. The van der Waals surface area contributed by atoms with Crippen LogP contribution in [0.4, 0.5) is 22.1 Å². The molecule has 2 amide bonds. The van der Waals surface area contributed by atoms with Crippen molar-refractivity contribution in [2.24, 2.45) is 0 Å². The van der Waals surface area contributed by atoms with Crippen LogP contribution in [-0.2, 0) is 17.7 Å². The summed E-state index contributed by atoms with van der Waals surface area (Å²) in [6.07, 6.45) is 3.65. The number of anilines is 3. The lowest BCUT2D eigenvalue weighted by Gasteiger charge is -2.29. The van der Waals surface area contributed by atoms with E-state index in [9.17, 15) is 14.9 Å². The fourth-order valence-corrected chi connectivity index (χ4v) is 4.51. The molecule has 0 saturated carbocycles. The largest absolute Gasteiger partial charge is 0.383 e. The van der Waals surface area contributed by atoms with Crippen molar-refractivity contribution < 1.29 is 14.3 Å². The zero-order valence-electron chi connectivity index (χ0n) is 20.3. The fraction of sp³-hybridized carbons (Fsp3) is 0.417. The van der Waals surface area contributed by atoms with Crippen LogP contribution in [-0.4, -0.2) is 84.1 Å². The van der Waals surface area contributed by atoms with E-state index in [2.05, 4.69) is 26.7 Å². The molecule has 0 unspecified atom stereocenters. The Morgan fingerprint density at radius 3 is 2.86 bits per heavy atom. The molecular formula is C24H28N8O3S. The Bertz CT molecular complexity index is 1210. The first-order chi connectivity index (χ1) is 17.4. The molecule has 2 aromatic heterocycles. The smallest absolute Gasteiger partial charge is 0.328 e. The molecule has 0 aliphatic carbocycles. The lowest BCUT2D eigenvalue weighted by Crippen LogP contribution is -2.40. The summed E-state index contributed by atoms with van der Waals surface area (Å²) in [7, 11) is 3.54. The Morgan fingerprint density at radius 2 is 2.17 bits per heavy atom. The van der Waals surface area contributed by atoms with Gasteiger partial charge in [-0.2, -0.15) is 5.26 Å². The molecule has 12 heteroatoms. The maximum atomic E-state index is 13.2. The molecule has 4 heterocycles. The van der Waals surface area contributed by atoms with Crippen molar-refractivity contribution in [1.29, 1.82) is 5.26 Å². The Balaban J connectivity index is 1.54. The number of nitrogens with one attached hydrogen (secondary N) is 2. The van der Waals surface area contributed by atoms with E-state index in [0.717, 1.165) is 48.5 Å². The predicted octanol–water partition coefficient (Wildman–Crippen LogP) is 2.24. The number of nitrogens with zero attached hydrogens (tertiary/aromatic N) is 6. The van der Waals surface area contributed by atoms with E-state index in [1.165, 1.54) is 11.1 Å². The van der Waals surface area contributed by atoms with Crippen molar-refractivity contribution in [3.05, 3.63) is 40.7 Å². The van der Waals surface area contributed by atoms with Crippen LogP contribution in [0.15, 0.2) is 18.3 Å². The predicted molar refractivity (Wildman–Crippen MR) is 139 cm³/mol. The van der Waals surface area contributed by atoms with Crippen LogP contribution in [0.2, 0.25) is 0 Å². The van der Waals surface area contributed by atoms with Gasteiger partial charge in [0.25, 0.3) is 0 Å². The summed E-state index contributed by atoms with van der Waals surface area (Å²) in [4.78, 5) is 39.5.